The van der Waals surface area contributed by atoms with Crippen molar-refractivity contribution in [3.8, 4) is 17.6 Å². The van der Waals surface area contributed by atoms with E-state index in [2.05, 4.69) is 15.2 Å². The number of aliphatic imine (C=N–C) groups is 1. The number of carbonyl (C=O) groups excluding carboxylic acids is 1. The summed E-state index contributed by atoms with van der Waals surface area (Å²) in [5.74, 6) is -2.37. The molecule has 0 radical (unpaired) electrons. The van der Waals surface area contributed by atoms with Crippen LogP contribution in [0.2, 0.25) is 0 Å². The van der Waals surface area contributed by atoms with Gasteiger partial charge in [0.2, 0.25) is 0 Å². The van der Waals surface area contributed by atoms with Crippen molar-refractivity contribution < 1.29 is 32.2 Å². The molecular weight excluding hydrogens is 512 g/mol. The van der Waals surface area contributed by atoms with Crippen LogP contribution in [0.4, 0.5) is 17.6 Å². The lowest BCUT2D eigenvalue weighted by Gasteiger charge is -2.29. The number of β-amino-alcohol motifs (C(OH)–C–C–N with tert-alkyl or cyclic N) is 1. The number of aliphatic hydroxyl groups excluding tert-OH is 1. The number of amidine groups is 1. The molecule has 2 saturated heterocycles. The molecular formula is C25H22F4N4O3S. The average Bonchev–Trinajstić information content (AvgIpc) is 3.20. The van der Waals surface area contributed by atoms with Crippen molar-refractivity contribution >= 4 is 28.9 Å². The first-order valence-electron chi connectivity index (χ1n) is 11.4. The van der Waals surface area contributed by atoms with Crippen molar-refractivity contribution in [1.29, 1.82) is 5.26 Å². The summed E-state index contributed by atoms with van der Waals surface area (Å²) in [4.78, 5) is 19.4. The highest BCUT2D eigenvalue weighted by Crippen LogP contribution is 2.39. The second-order valence-corrected chi connectivity index (χ2v) is 9.44. The van der Waals surface area contributed by atoms with Crippen LogP contribution in [0.15, 0.2) is 46.3 Å². The number of halogens is 4. The van der Waals surface area contributed by atoms with E-state index in [-0.39, 0.29) is 24.1 Å². The average molecular weight is 535 g/mol. The maximum Gasteiger partial charge on any atom is 0.420 e. The number of nitriles is 1. The number of hydrogen-bond acceptors (Lipinski definition) is 7. The Hall–Kier alpha value is -3.40. The summed E-state index contributed by atoms with van der Waals surface area (Å²) in [7, 11) is 0. The summed E-state index contributed by atoms with van der Waals surface area (Å²) in [5, 5.41) is 21.1. The fourth-order valence-electron chi connectivity index (χ4n) is 3.94. The molecule has 2 aromatic rings. The number of thioether (sulfide) groups is 1. The molecule has 0 saturated carbocycles. The number of piperidine rings is 1. The Morgan fingerprint density at radius 1 is 1.22 bits per heavy atom. The zero-order chi connectivity index (χ0) is 26.6. The summed E-state index contributed by atoms with van der Waals surface area (Å²) < 4.78 is 60.0. The van der Waals surface area contributed by atoms with Crippen LogP contribution in [-0.4, -0.2) is 53.4 Å². The predicted octanol–water partition coefficient (Wildman–Crippen LogP) is 4.53. The minimum Gasteiger partial charge on any atom is -0.454 e. The quantitative estimate of drug-likeness (QED) is 0.418. The number of rotatable bonds is 6. The van der Waals surface area contributed by atoms with Gasteiger partial charge in [-0.25, -0.2) is 4.39 Å². The first-order valence-corrected chi connectivity index (χ1v) is 12.2. The second kappa shape index (κ2) is 11.3. The molecule has 0 aliphatic carbocycles. The molecule has 2 fully saturated rings. The van der Waals surface area contributed by atoms with Crippen LogP contribution in [0.5, 0.6) is 11.5 Å². The van der Waals surface area contributed by atoms with Gasteiger partial charge in [0.25, 0.3) is 5.91 Å². The van der Waals surface area contributed by atoms with Gasteiger partial charge in [0, 0.05) is 19.6 Å². The summed E-state index contributed by atoms with van der Waals surface area (Å²) in [6.07, 6.45) is -1.73. The number of likely N-dealkylation sites (tertiary alicyclic amines) is 1. The molecule has 7 nitrogen and oxygen atoms in total. The van der Waals surface area contributed by atoms with Crippen LogP contribution in [0, 0.1) is 17.1 Å². The molecule has 2 aromatic carbocycles. The number of alkyl halides is 3. The van der Waals surface area contributed by atoms with Gasteiger partial charge >= 0.3 is 6.18 Å². The summed E-state index contributed by atoms with van der Waals surface area (Å²) >= 11 is 1.13. The van der Waals surface area contributed by atoms with E-state index in [0.717, 1.165) is 55.9 Å². The molecule has 4 rings (SSSR count). The third-order valence-corrected chi connectivity index (χ3v) is 6.74. The molecule has 0 spiro atoms. The van der Waals surface area contributed by atoms with Gasteiger partial charge < -0.3 is 20.1 Å². The topological polar surface area (TPSA) is 97.9 Å². The normalized spacial score (nSPS) is 19.3. The van der Waals surface area contributed by atoms with Crippen molar-refractivity contribution in [3.63, 3.8) is 0 Å². The van der Waals surface area contributed by atoms with Gasteiger partial charge in [0.15, 0.2) is 16.7 Å². The molecule has 0 bridgehead atoms. The Bertz CT molecular complexity index is 1280. The molecule has 37 heavy (non-hydrogen) atoms. The van der Waals surface area contributed by atoms with Crippen LogP contribution in [0.1, 0.15) is 29.5 Å². The molecule has 0 aromatic heterocycles. The minimum atomic E-state index is -4.80. The number of hydrogen-bond donors (Lipinski definition) is 2. The molecule has 1 amide bonds. The highest BCUT2D eigenvalue weighted by molar-refractivity contribution is 8.18. The third-order valence-electron chi connectivity index (χ3n) is 5.81. The Kier molecular flexibility index (Phi) is 8.16. The fraction of sp³-hybridized carbons (Fsp3) is 0.320. The van der Waals surface area contributed by atoms with Crippen molar-refractivity contribution in [3.05, 3.63) is 63.8 Å². The second-order valence-electron chi connectivity index (χ2n) is 8.41. The van der Waals surface area contributed by atoms with Gasteiger partial charge in [-0.15, -0.1) is 0 Å². The Balaban J connectivity index is 1.46. The number of ether oxygens (including phenoxy) is 1. The van der Waals surface area contributed by atoms with Gasteiger partial charge in [-0.2, -0.15) is 18.4 Å². The van der Waals surface area contributed by atoms with E-state index in [4.69, 9.17) is 15.1 Å². The van der Waals surface area contributed by atoms with Crippen LogP contribution in [0.25, 0.3) is 6.08 Å². The van der Waals surface area contributed by atoms with E-state index >= 15 is 0 Å². The fourth-order valence-corrected chi connectivity index (χ4v) is 4.83. The maximum absolute atomic E-state index is 14.7. The standard InChI is InChI=1S/C25H22F4N4O3S/c26-19-12-15(1-4-21(19)36-20-3-2-16(14-30)11-18(20)25(27,28)29)13-22-23(35)32-24(37-22)31-17-5-7-33(8-6-17)9-10-34/h1-4,11-13,17,34H,5-10H2,(H,31,32,35)/b22-13-. The van der Waals surface area contributed by atoms with Crippen LogP contribution >= 0.6 is 11.8 Å². The van der Waals surface area contributed by atoms with Crippen LogP contribution in [-0.2, 0) is 11.0 Å². The molecule has 2 aliphatic heterocycles. The minimum absolute atomic E-state index is 0.0507. The van der Waals surface area contributed by atoms with E-state index < -0.39 is 29.1 Å². The third kappa shape index (κ3) is 6.68. The highest BCUT2D eigenvalue weighted by Gasteiger charge is 2.35. The van der Waals surface area contributed by atoms with Gasteiger partial charge in [0.05, 0.1) is 34.7 Å². The molecule has 0 atom stereocenters. The van der Waals surface area contributed by atoms with Crippen LogP contribution < -0.4 is 10.1 Å². The monoisotopic (exact) mass is 534 g/mol. The summed E-state index contributed by atoms with van der Waals surface area (Å²) in [6.45, 7) is 2.35. The number of amides is 1. The Labute approximate surface area is 214 Å². The zero-order valence-electron chi connectivity index (χ0n) is 19.4. The molecule has 12 heteroatoms. The first kappa shape index (κ1) is 26.7. The molecule has 2 aliphatic rings. The lowest BCUT2D eigenvalue weighted by atomic mass is 10.1. The SMILES string of the molecule is N#Cc1ccc(Oc2ccc(/C=C3\SC(=NC4CCN(CCO)CC4)NC3=O)cc2F)c(C(F)(F)F)c1. The smallest absolute Gasteiger partial charge is 0.420 e. The van der Waals surface area contributed by atoms with Gasteiger partial charge in [-0.05, 0) is 66.6 Å². The van der Waals surface area contributed by atoms with E-state index in [0.29, 0.717) is 28.2 Å². The van der Waals surface area contributed by atoms with Crippen molar-refractivity contribution in [2.75, 3.05) is 26.2 Å². The number of benzene rings is 2. The van der Waals surface area contributed by atoms with E-state index in [1.807, 2.05) is 0 Å². The van der Waals surface area contributed by atoms with Crippen LogP contribution in [0.3, 0.4) is 0 Å². The largest absolute Gasteiger partial charge is 0.454 e. The number of aliphatic hydroxyl groups is 1. The van der Waals surface area contributed by atoms with Gasteiger partial charge in [0.1, 0.15) is 5.75 Å². The van der Waals surface area contributed by atoms with Crippen molar-refractivity contribution in [2.24, 2.45) is 4.99 Å². The van der Waals surface area contributed by atoms with Gasteiger partial charge in [-0.3, -0.25) is 9.79 Å². The van der Waals surface area contributed by atoms with E-state index in [9.17, 15) is 22.4 Å². The van der Waals surface area contributed by atoms with Crippen molar-refractivity contribution in [2.45, 2.75) is 25.1 Å². The number of carbonyl (C=O) groups is 1. The lowest BCUT2D eigenvalue weighted by Crippen LogP contribution is -2.37. The molecule has 2 heterocycles. The van der Waals surface area contributed by atoms with Gasteiger partial charge in [-0.1, -0.05) is 6.07 Å². The molecule has 0 unspecified atom stereocenters. The predicted molar refractivity (Wildman–Crippen MR) is 130 cm³/mol. The summed E-state index contributed by atoms with van der Waals surface area (Å²) in [5.41, 5.74) is -1.08. The zero-order valence-corrected chi connectivity index (χ0v) is 20.2. The van der Waals surface area contributed by atoms with E-state index in [1.165, 1.54) is 18.2 Å². The number of nitrogens with one attached hydrogen (secondary N) is 1. The maximum atomic E-state index is 14.7. The highest BCUT2D eigenvalue weighted by atomic mass is 32.2. The summed E-state index contributed by atoms with van der Waals surface area (Å²) in [6, 6.07) is 8.08. The van der Waals surface area contributed by atoms with E-state index in [1.54, 1.807) is 6.07 Å². The molecule has 194 valence electrons. The van der Waals surface area contributed by atoms with Crippen molar-refractivity contribution in [1.82, 2.24) is 10.2 Å². The lowest BCUT2D eigenvalue weighted by molar-refractivity contribution is -0.138. The Morgan fingerprint density at radius 3 is 2.59 bits per heavy atom. The number of nitrogens with zero attached hydrogens (tertiary/aromatic N) is 3. The Morgan fingerprint density at radius 2 is 1.95 bits per heavy atom. The molecule has 2 N–H and O–H groups in total. The first-order chi connectivity index (χ1) is 17.7.